The van der Waals surface area contributed by atoms with Crippen molar-refractivity contribution in [3.63, 3.8) is 0 Å². The molecule has 0 fully saturated rings. The molecule has 0 aliphatic rings. The average Bonchev–Trinajstić information content (AvgIpc) is 2.84. The number of hydrogen-bond donors (Lipinski definition) is 0. The van der Waals surface area contributed by atoms with Crippen molar-refractivity contribution in [2.45, 2.75) is 20.0 Å². The SMILES string of the molecule is CCc1ccccc1Oc1coc2cc(OCc3cccc4ccccc34)ccc2c1=O. The predicted octanol–water partition coefficient (Wildman–Crippen LogP) is 6.88. The quantitative estimate of drug-likeness (QED) is 0.299. The second-order valence-corrected chi connectivity index (χ2v) is 7.58. The second-order valence-electron chi connectivity index (χ2n) is 7.58. The molecule has 0 spiro atoms. The maximum atomic E-state index is 12.9. The number of rotatable bonds is 6. The summed E-state index contributed by atoms with van der Waals surface area (Å²) in [6, 6.07) is 27.3. The van der Waals surface area contributed by atoms with Gasteiger partial charge in [-0.3, -0.25) is 4.79 Å². The van der Waals surface area contributed by atoms with Crippen molar-refractivity contribution in [1.82, 2.24) is 0 Å². The van der Waals surface area contributed by atoms with Crippen molar-refractivity contribution in [3.05, 3.63) is 113 Å². The van der Waals surface area contributed by atoms with Crippen molar-refractivity contribution in [2.75, 3.05) is 0 Å². The average molecular weight is 422 g/mol. The normalized spacial score (nSPS) is 11.0. The summed E-state index contributed by atoms with van der Waals surface area (Å²) in [5.41, 5.74) is 2.38. The molecule has 4 nitrogen and oxygen atoms in total. The fourth-order valence-corrected chi connectivity index (χ4v) is 3.84. The van der Waals surface area contributed by atoms with Gasteiger partial charge in [0.15, 0.2) is 0 Å². The molecule has 158 valence electrons. The fourth-order valence-electron chi connectivity index (χ4n) is 3.84. The third kappa shape index (κ3) is 3.83. The molecule has 0 bridgehead atoms. The monoisotopic (exact) mass is 422 g/mol. The van der Waals surface area contributed by atoms with Crippen LogP contribution in [0.25, 0.3) is 21.7 Å². The minimum absolute atomic E-state index is 0.169. The molecule has 5 rings (SSSR count). The number of para-hydroxylation sites is 1. The van der Waals surface area contributed by atoms with E-state index in [0.29, 0.717) is 29.1 Å². The van der Waals surface area contributed by atoms with E-state index < -0.39 is 0 Å². The molecule has 0 saturated heterocycles. The molecule has 4 heteroatoms. The highest BCUT2D eigenvalue weighted by Gasteiger charge is 2.12. The van der Waals surface area contributed by atoms with Gasteiger partial charge >= 0.3 is 0 Å². The van der Waals surface area contributed by atoms with E-state index in [1.165, 1.54) is 11.6 Å². The first kappa shape index (κ1) is 19.9. The van der Waals surface area contributed by atoms with Gasteiger partial charge in [0.05, 0.1) is 5.39 Å². The van der Waals surface area contributed by atoms with Gasteiger partial charge in [-0.15, -0.1) is 0 Å². The molecule has 4 aromatic carbocycles. The summed E-state index contributed by atoms with van der Waals surface area (Å²) in [6.45, 7) is 2.47. The third-order valence-corrected chi connectivity index (χ3v) is 5.56. The first-order valence-electron chi connectivity index (χ1n) is 10.6. The summed E-state index contributed by atoms with van der Waals surface area (Å²) in [7, 11) is 0. The second kappa shape index (κ2) is 8.60. The van der Waals surface area contributed by atoms with Gasteiger partial charge in [-0.1, -0.05) is 67.6 Å². The maximum Gasteiger partial charge on any atom is 0.235 e. The number of aryl methyl sites for hydroxylation is 1. The first-order chi connectivity index (χ1) is 15.7. The van der Waals surface area contributed by atoms with Crippen LogP contribution in [0, 0.1) is 0 Å². The van der Waals surface area contributed by atoms with Crippen molar-refractivity contribution in [1.29, 1.82) is 0 Å². The largest absolute Gasteiger partial charge is 0.489 e. The minimum atomic E-state index is -0.210. The smallest absolute Gasteiger partial charge is 0.235 e. The van der Waals surface area contributed by atoms with E-state index in [1.807, 2.05) is 49.4 Å². The Morgan fingerprint density at radius 2 is 1.56 bits per heavy atom. The number of hydrogen-bond acceptors (Lipinski definition) is 4. The molecular formula is C28H22O4. The topological polar surface area (TPSA) is 48.7 Å². The number of ether oxygens (including phenoxy) is 2. The Morgan fingerprint density at radius 3 is 2.47 bits per heavy atom. The van der Waals surface area contributed by atoms with Crippen LogP contribution in [0.5, 0.6) is 17.2 Å². The summed E-state index contributed by atoms with van der Waals surface area (Å²) < 4.78 is 17.6. The summed E-state index contributed by atoms with van der Waals surface area (Å²) in [5, 5.41) is 2.79. The Labute approximate surface area is 185 Å². The number of benzene rings is 4. The fraction of sp³-hybridized carbons (Fsp3) is 0.107. The van der Waals surface area contributed by atoms with Crippen molar-refractivity contribution in [3.8, 4) is 17.2 Å². The van der Waals surface area contributed by atoms with E-state index in [0.717, 1.165) is 22.9 Å². The summed E-state index contributed by atoms with van der Waals surface area (Å²) in [6.07, 6.45) is 2.18. The lowest BCUT2D eigenvalue weighted by Crippen LogP contribution is -2.06. The molecular weight excluding hydrogens is 400 g/mol. The third-order valence-electron chi connectivity index (χ3n) is 5.56. The first-order valence-corrected chi connectivity index (χ1v) is 10.6. The predicted molar refractivity (Wildman–Crippen MR) is 127 cm³/mol. The molecule has 0 atom stereocenters. The van der Waals surface area contributed by atoms with Gasteiger partial charge < -0.3 is 13.9 Å². The van der Waals surface area contributed by atoms with E-state index in [-0.39, 0.29) is 11.2 Å². The zero-order chi connectivity index (χ0) is 21.9. The lowest BCUT2D eigenvalue weighted by molar-refractivity contribution is 0.307. The van der Waals surface area contributed by atoms with Crippen LogP contribution >= 0.6 is 0 Å². The van der Waals surface area contributed by atoms with Crippen LogP contribution in [0.15, 0.2) is 100 Å². The molecule has 0 radical (unpaired) electrons. The molecule has 0 amide bonds. The van der Waals surface area contributed by atoms with E-state index in [1.54, 1.807) is 18.2 Å². The molecule has 0 N–H and O–H groups in total. The van der Waals surface area contributed by atoms with Crippen LogP contribution in [-0.4, -0.2) is 0 Å². The van der Waals surface area contributed by atoms with E-state index in [2.05, 4.69) is 24.3 Å². The Bertz CT molecular complexity index is 1460. The van der Waals surface area contributed by atoms with Crippen LogP contribution in [0.2, 0.25) is 0 Å². The molecule has 0 aliphatic carbocycles. The summed E-state index contributed by atoms with van der Waals surface area (Å²) in [5.74, 6) is 1.47. The number of fused-ring (bicyclic) bond motifs is 2. The zero-order valence-electron chi connectivity index (χ0n) is 17.7. The molecule has 1 heterocycles. The molecule has 5 aromatic rings. The Balaban J connectivity index is 1.40. The Hall–Kier alpha value is -4.05. The summed E-state index contributed by atoms with van der Waals surface area (Å²) in [4.78, 5) is 12.9. The van der Waals surface area contributed by atoms with Gasteiger partial charge in [-0.05, 0) is 46.5 Å². The van der Waals surface area contributed by atoms with Crippen LogP contribution in [0.4, 0.5) is 0 Å². The maximum absolute atomic E-state index is 12.9. The van der Waals surface area contributed by atoms with Gasteiger partial charge in [-0.25, -0.2) is 0 Å². The van der Waals surface area contributed by atoms with Crippen LogP contribution < -0.4 is 14.9 Å². The lowest BCUT2D eigenvalue weighted by atomic mass is 10.1. The molecule has 1 aromatic heterocycles. The van der Waals surface area contributed by atoms with Gasteiger partial charge in [-0.2, -0.15) is 0 Å². The van der Waals surface area contributed by atoms with Crippen molar-refractivity contribution >= 4 is 21.7 Å². The highest BCUT2D eigenvalue weighted by atomic mass is 16.5. The highest BCUT2D eigenvalue weighted by Crippen LogP contribution is 2.27. The standard InChI is InChI=1S/C28H22O4/c1-2-19-8-4-6-13-25(19)32-27-18-31-26-16-22(14-15-24(26)28(27)29)30-17-21-11-7-10-20-9-3-5-12-23(20)21/h3-16,18H,2,17H2,1H3. The van der Waals surface area contributed by atoms with Gasteiger partial charge in [0, 0.05) is 6.07 Å². The van der Waals surface area contributed by atoms with Crippen LogP contribution in [0.1, 0.15) is 18.1 Å². The van der Waals surface area contributed by atoms with Crippen molar-refractivity contribution < 1.29 is 13.9 Å². The van der Waals surface area contributed by atoms with Gasteiger partial charge in [0.1, 0.15) is 30.0 Å². The van der Waals surface area contributed by atoms with Gasteiger partial charge in [0.2, 0.25) is 11.2 Å². The lowest BCUT2D eigenvalue weighted by Gasteiger charge is -2.11. The Morgan fingerprint density at radius 1 is 0.781 bits per heavy atom. The van der Waals surface area contributed by atoms with Crippen LogP contribution in [0.3, 0.4) is 0 Å². The van der Waals surface area contributed by atoms with E-state index in [4.69, 9.17) is 13.9 Å². The zero-order valence-corrected chi connectivity index (χ0v) is 17.7. The highest BCUT2D eigenvalue weighted by molar-refractivity contribution is 5.85. The van der Waals surface area contributed by atoms with Gasteiger partial charge in [0.25, 0.3) is 0 Å². The molecule has 32 heavy (non-hydrogen) atoms. The van der Waals surface area contributed by atoms with E-state index in [9.17, 15) is 4.79 Å². The van der Waals surface area contributed by atoms with Crippen molar-refractivity contribution in [2.24, 2.45) is 0 Å². The molecule has 0 aliphatic heterocycles. The molecule has 0 saturated carbocycles. The molecule has 0 unspecified atom stereocenters. The van der Waals surface area contributed by atoms with Crippen LogP contribution in [-0.2, 0) is 13.0 Å². The van der Waals surface area contributed by atoms with E-state index >= 15 is 0 Å². The summed E-state index contributed by atoms with van der Waals surface area (Å²) >= 11 is 0. The Kier molecular flexibility index (Phi) is 5.34. The minimum Gasteiger partial charge on any atom is -0.489 e.